The summed E-state index contributed by atoms with van der Waals surface area (Å²) in [7, 11) is 2.06. The first-order valence-electron chi connectivity index (χ1n) is 7.23. The molecule has 3 rings (SSSR count). The molecule has 0 atom stereocenters. The summed E-state index contributed by atoms with van der Waals surface area (Å²) in [4.78, 5) is 4.35. The first-order chi connectivity index (χ1) is 9.78. The molecular formula is C16H20ClN3. The van der Waals surface area contributed by atoms with Crippen molar-refractivity contribution in [2.45, 2.75) is 37.8 Å². The number of rotatable bonds is 3. The Morgan fingerprint density at radius 3 is 2.75 bits per heavy atom. The van der Waals surface area contributed by atoms with Crippen LogP contribution in [0.15, 0.2) is 36.8 Å². The summed E-state index contributed by atoms with van der Waals surface area (Å²) in [6.07, 6.45) is 8.77. The van der Waals surface area contributed by atoms with Gasteiger partial charge >= 0.3 is 0 Å². The monoisotopic (exact) mass is 289 g/mol. The first-order valence-corrected chi connectivity index (χ1v) is 7.61. The van der Waals surface area contributed by atoms with E-state index in [2.05, 4.69) is 28.0 Å². The topological polar surface area (TPSA) is 29.9 Å². The normalized spacial score (nSPS) is 22.9. The average Bonchev–Trinajstić information content (AvgIpc) is 2.97. The lowest BCUT2D eigenvalue weighted by atomic mass is 9.91. The third-order valence-corrected chi connectivity index (χ3v) is 4.52. The zero-order valence-corrected chi connectivity index (χ0v) is 12.5. The zero-order chi connectivity index (χ0) is 13.9. The van der Waals surface area contributed by atoms with Gasteiger partial charge < -0.3 is 9.88 Å². The Labute approximate surface area is 125 Å². The van der Waals surface area contributed by atoms with Gasteiger partial charge in [-0.1, -0.05) is 23.7 Å². The van der Waals surface area contributed by atoms with Crippen molar-refractivity contribution < 1.29 is 0 Å². The van der Waals surface area contributed by atoms with Crippen molar-refractivity contribution in [3.05, 3.63) is 41.8 Å². The molecule has 0 radical (unpaired) electrons. The maximum atomic E-state index is 6.10. The van der Waals surface area contributed by atoms with Gasteiger partial charge in [0.1, 0.15) is 0 Å². The summed E-state index contributed by atoms with van der Waals surface area (Å²) >= 11 is 6.10. The van der Waals surface area contributed by atoms with Crippen molar-refractivity contribution in [1.82, 2.24) is 14.9 Å². The van der Waals surface area contributed by atoms with E-state index >= 15 is 0 Å². The molecule has 1 aliphatic carbocycles. The van der Waals surface area contributed by atoms with Crippen LogP contribution in [0.25, 0.3) is 11.3 Å². The first kappa shape index (κ1) is 13.7. The molecule has 4 heteroatoms. The van der Waals surface area contributed by atoms with Gasteiger partial charge in [-0.05, 0) is 44.9 Å². The van der Waals surface area contributed by atoms with E-state index in [1.54, 1.807) is 0 Å². The van der Waals surface area contributed by atoms with Crippen LogP contribution in [0.4, 0.5) is 0 Å². The Hall–Kier alpha value is -1.32. The van der Waals surface area contributed by atoms with Crippen molar-refractivity contribution >= 4 is 11.6 Å². The van der Waals surface area contributed by atoms with Gasteiger partial charge in [0.05, 0.1) is 18.2 Å². The second kappa shape index (κ2) is 5.98. The average molecular weight is 290 g/mol. The fraction of sp³-hybridized carbons (Fsp3) is 0.438. The molecule has 0 saturated heterocycles. The molecule has 1 fully saturated rings. The number of benzene rings is 1. The highest BCUT2D eigenvalue weighted by molar-refractivity contribution is 6.30. The molecule has 0 amide bonds. The number of aromatic nitrogens is 2. The molecule has 2 aromatic rings. The summed E-state index contributed by atoms with van der Waals surface area (Å²) in [5, 5.41) is 4.15. The van der Waals surface area contributed by atoms with Crippen LogP contribution >= 0.6 is 11.6 Å². The minimum Gasteiger partial charge on any atom is -0.328 e. The fourth-order valence-corrected chi connectivity index (χ4v) is 3.30. The van der Waals surface area contributed by atoms with E-state index < -0.39 is 0 Å². The van der Waals surface area contributed by atoms with Gasteiger partial charge in [-0.15, -0.1) is 0 Å². The minimum atomic E-state index is 0.552. The van der Waals surface area contributed by atoms with E-state index in [0.717, 1.165) is 10.6 Å². The Morgan fingerprint density at radius 1 is 1.25 bits per heavy atom. The molecule has 1 aromatic heterocycles. The molecule has 0 unspecified atom stereocenters. The van der Waals surface area contributed by atoms with Crippen molar-refractivity contribution in [2.75, 3.05) is 7.05 Å². The number of nitrogens with one attached hydrogen (secondary N) is 1. The van der Waals surface area contributed by atoms with E-state index in [-0.39, 0.29) is 0 Å². The lowest BCUT2D eigenvalue weighted by Gasteiger charge is -2.30. The number of hydrogen-bond acceptors (Lipinski definition) is 2. The van der Waals surface area contributed by atoms with Crippen molar-refractivity contribution in [1.29, 1.82) is 0 Å². The summed E-state index contributed by atoms with van der Waals surface area (Å²) < 4.78 is 2.32. The van der Waals surface area contributed by atoms with E-state index in [1.807, 2.05) is 30.7 Å². The molecule has 1 N–H and O–H groups in total. The molecule has 1 heterocycles. The van der Waals surface area contributed by atoms with Crippen LogP contribution in [0.5, 0.6) is 0 Å². The minimum absolute atomic E-state index is 0.552. The summed E-state index contributed by atoms with van der Waals surface area (Å²) in [5.41, 5.74) is 2.31. The van der Waals surface area contributed by atoms with Gasteiger partial charge in [0, 0.05) is 22.7 Å². The molecule has 1 saturated carbocycles. The largest absolute Gasteiger partial charge is 0.328 e. The van der Waals surface area contributed by atoms with Crippen molar-refractivity contribution in [2.24, 2.45) is 0 Å². The van der Waals surface area contributed by atoms with Crippen LogP contribution in [-0.4, -0.2) is 22.6 Å². The molecule has 3 nitrogen and oxygen atoms in total. The van der Waals surface area contributed by atoms with Crippen LogP contribution in [0.3, 0.4) is 0 Å². The molecule has 1 aliphatic rings. The maximum absolute atomic E-state index is 6.10. The molecule has 0 aliphatic heterocycles. The van der Waals surface area contributed by atoms with E-state index in [0.29, 0.717) is 12.1 Å². The Kier molecular flexibility index (Phi) is 4.08. The Morgan fingerprint density at radius 2 is 2.05 bits per heavy atom. The molecule has 1 aromatic carbocycles. The van der Waals surface area contributed by atoms with Gasteiger partial charge in [0.2, 0.25) is 0 Å². The van der Waals surface area contributed by atoms with E-state index in [9.17, 15) is 0 Å². The Balaban J connectivity index is 1.84. The lowest BCUT2D eigenvalue weighted by molar-refractivity contribution is 0.302. The number of hydrogen-bond donors (Lipinski definition) is 1. The molecule has 0 bridgehead atoms. The highest BCUT2D eigenvalue weighted by Gasteiger charge is 2.22. The highest BCUT2D eigenvalue weighted by Crippen LogP contribution is 2.32. The predicted octanol–water partition coefficient (Wildman–Crippen LogP) is 3.91. The molecular weight excluding hydrogens is 270 g/mol. The van der Waals surface area contributed by atoms with Gasteiger partial charge in [0.15, 0.2) is 0 Å². The number of imidazole rings is 1. The summed E-state index contributed by atoms with van der Waals surface area (Å²) in [6, 6.07) is 9.23. The van der Waals surface area contributed by atoms with Gasteiger partial charge in [-0.25, -0.2) is 4.98 Å². The van der Waals surface area contributed by atoms with Gasteiger partial charge in [0.25, 0.3) is 0 Å². The maximum Gasteiger partial charge on any atom is 0.0953 e. The third-order valence-electron chi connectivity index (χ3n) is 4.28. The molecule has 20 heavy (non-hydrogen) atoms. The second-order valence-corrected chi connectivity index (χ2v) is 5.93. The van der Waals surface area contributed by atoms with Crippen molar-refractivity contribution in [3.63, 3.8) is 0 Å². The van der Waals surface area contributed by atoms with Gasteiger partial charge in [-0.3, -0.25) is 0 Å². The standard InChI is InChI=1S/C16H20ClN3/c1-18-14-5-7-15(8-6-14)20-11-19-10-16(20)12-3-2-4-13(17)9-12/h2-4,9-11,14-15,18H,5-8H2,1H3. The molecule has 0 spiro atoms. The third kappa shape index (κ3) is 2.74. The van der Waals surface area contributed by atoms with Crippen LogP contribution < -0.4 is 5.32 Å². The fourth-order valence-electron chi connectivity index (χ4n) is 3.11. The Bertz CT molecular complexity index is 571. The van der Waals surface area contributed by atoms with E-state index in [1.165, 1.54) is 31.4 Å². The lowest BCUT2D eigenvalue weighted by Crippen LogP contribution is -2.31. The second-order valence-electron chi connectivity index (χ2n) is 5.49. The predicted molar refractivity (Wildman–Crippen MR) is 83.0 cm³/mol. The number of nitrogens with zero attached hydrogens (tertiary/aromatic N) is 2. The van der Waals surface area contributed by atoms with Crippen LogP contribution in [0.1, 0.15) is 31.7 Å². The zero-order valence-electron chi connectivity index (χ0n) is 11.7. The summed E-state index contributed by atoms with van der Waals surface area (Å²) in [6.45, 7) is 0. The summed E-state index contributed by atoms with van der Waals surface area (Å²) in [5.74, 6) is 0. The highest BCUT2D eigenvalue weighted by atomic mass is 35.5. The SMILES string of the molecule is CNC1CCC(n2cncc2-c2cccc(Cl)c2)CC1. The van der Waals surface area contributed by atoms with Gasteiger partial charge in [-0.2, -0.15) is 0 Å². The van der Waals surface area contributed by atoms with E-state index in [4.69, 9.17) is 11.6 Å². The number of halogens is 1. The van der Waals surface area contributed by atoms with Crippen LogP contribution in [0, 0.1) is 0 Å². The molecule has 106 valence electrons. The van der Waals surface area contributed by atoms with Crippen LogP contribution in [-0.2, 0) is 0 Å². The quantitative estimate of drug-likeness (QED) is 0.928. The van der Waals surface area contributed by atoms with Crippen LogP contribution in [0.2, 0.25) is 5.02 Å². The van der Waals surface area contributed by atoms with Crippen molar-refractivity contribution in [3.8, 4) is 11.3 Å². The smallest absolute Gasteiger partial charge is 0.0953 e.